The molecule has 0 aliphatic rings. The highest BCUT2D eigenvalue weighted by Gasteiger charge is 2.12. The van der Waals surface area contributed by atoms with Crippen molar-refractivity contribution in [1.82, 2.24) is 4.72 Å². The Hall–Kier alpha value is -2.16. The van der Waals surface area contributed by atoms with Gasteiger partial charge in [-0.2, -0.15) is 4.72 Å². The lowest BCUT2D eigenvalue weighted by molar-refractivity contribution is 0.586. The molecule has 2 rings (SSSR count). The zero-order valence-corrected chi connectivity index (χ0v) is 13.0. The van der Waals surface area contributed by atoms with Crippen LogP contribution in [-0.2, 0) is 16.4 Å². The molecule has 2 aromatic carbocycles. The third kappa shape index (κ3) is 4.17. The van der Waals surface area contributed by atoms with Crippen LogP contribution in [0.5, 0.6) is 0 Å². The predicted octanol–water partition coefficient (Wildman–Crippen LogP) is 2.72. The maximum absolute atomic E-state index is 13.3. The largest absolute Gasteiger partial charge is 0.241 e. The maximum atomic E-state index is 13.3. The number of sulfonamides is 1. The first-order valence-electron chi connectivity index (χ1n) is 6.85. The molecule has 0 aliphatic heterocycles. The van der Waals surface area contributed by atoms with Crippen molar-refractivity contribution in [3.8, 4) is 11.8 Å². The lowest BCUT2D eigenvalue weighted by atomic mass is 10.2. The average molecular weight is 317 g/mol. The van der Waals surface area contributed by atoms with Crippen molar-refractivity contribution in [2.45, 2.75) is 18.2 Å². The molecule has 0 fully saturated rings. The molecule has 0 aliphatic carbocycles. The molecule has 0 bridgehead atoms. The van der Waals surface area contributed by atoms with Crippen LogP contribution in [0.15, 0.2) is 53.4 Å². The summed E-state index contributed by atoms with van der Waals surface area (Å²) in [6.45, 7) is 1.92. The molecule has 0 spiro atoms. The minimum atomic E-state index is -3.60. The van der Waals surface area contributed by atoms with Crippen LogP contribution in [-0.4, -0.2) is 15.0 Å². The molecule has 0 unspecified atom stereocenters. The van der Waals surface area contributed by atoms with Crippen LogP contribution in [0.25, 0.3) is 0 Å². The Balaban J connectivity index is 2.03. The molecule has 0 radical (unpaired) electrons. The SMILES string of the molecule is CCc1ccc(S(=O)(=O)NCC#Cc2ccccc2F)cc1. The van der Waals surface area contributed by atoms with Gasteiger partial charge < -0.3 is 0 Å². The van der Waals surface area contributed by atoms with Gasteiger partial charge in [-0.1, -0.05) is 43.0 Å². The summed E-state index contributed by atoms with van der Waals surface area (Å²) in [6.07, 6.45) is 0.849. The molecule has 2 aromatic rings. The molecule has 3 nitrogen and oxygen atoms in total. The summed E-state index contributed by atoms with van der Waals surface area (Å²) in [7, 11) is -3.60. The van der Waals surface area contributed by atoms with E-state index in [1.54, 1.807) is 42.5 Å². The fourth-order valence-electron chi connectivity index (χ4n) is 1.82. The van der Waals surface area contributed by atoms with E-state index in [4.69, 9.17) is 0 Å². The summed E-state index contributed by atoms with van der Waals surface area (Å²) in [5.74, 6) is 4.79. The second kappa shape index (κ2) is 7.21. The lowest BCUT2D eigenvalue weighted by Crippen LogP contribution is -2.24. The molecule has 0 atom stereocenters. The van der Waals surface area contributed by atoms with Gasteiger partial charge in [-0.05, 0) is 36.2 Å². The monoisotopic (exact) mass is 317 g/mol. The molecule has 0 heterocycles. The Morgan fingerprint density at radius 3 is 2.41 bits per heavy atom. The summed E-state index contributed by atoms with van der Waals surface area (Å²) >= 11 is 0. The zero-order valence-electron chi connectivity index (χ0n) is 12.1. The predicted molar refractivity (Wildman–Crippen MR) is 84.3 cm³/mol. The number of nitrogens with one attached hydrogen (secondary N) is 1. The minimum absolute atomic E-state index is 0.0772. The van der Waals surface area contributed by atoms with E-state index >= 15 is 0 Å². The second-order valence-electron chi connectivity index (χ2n) is 4.60. The van der Waals surface area contributed by atoms with Crippen LogP contribution in [0.1, 0.15) is 18.1 Å². The smallest absolute Gasteiger partial charge is 0.207 e. The third-order valence-corrected chi connectivity index (χ3v) is 4.51. The van der Waals surface area contributed by atoms with Crippen LogP contribution in [0.4, 0.5) is 4.39 Å². The topological polar surface area (TPSA) is 46.2 Å². The summed E-state index contributed by atoms with van der Waals surface area (Å²) < 4.78 is 39.8. The highest BCUT2D eigenvalue weighted by molar-refractivity contribution is 7.89. The Morgan fingerprint density at radius 2 is 1.77 bits per heavy atom. The second-order valence-corrected chi connectivity index (χ2v) is 6.37. The van der Waals surface area contributed by atoms with E-state index in [1.807, 2.05) is 6.92 Å². The average Bonchev–Trinajstić information content (AvgIpc) is 2.53. The molecule has 5 heteroatoms. The van der Waals surface area contributed by atoms with E-state index in [-0.39, 0.29) is 17.0 Å². The number of hydrogen-bond acceptors (Lipinski definition) is 2. The van der Waals surface area contributed by atoms with Gasteiger partial charge in [0.25, 0.3) is 0 Å². The number of halogens is 1. The summed E-state index contributed by atoms with van der Waals surface area (Å²) in [6, 6.07) is 12.8. The van der Waals surface area contributed by atoms with Gasteiger partial charge in [0.2, 0.25) is 10.0 Å². The highest BCUT2D eigenvalue weighted by atomic mass is 32.2. The summed E-state index contributed by atoms with van der Waals surface area (Å²) in [4.78, 5) is 0.192. The number of rotatable bonds is 4. The summed E-state index contributed by atoms with van der Waals surface area (Å²) in [5, 5.41) is 0. The van der Waals surface area contributed by atoms with Gasteiger partial charge in [0.15, 0.2) is 0 Å². The van der Waals surface area contributed by atoms with Crippen molar-refractivity contribution in [3.05, 3.63) is 65.5 Å². The number of aryl methyl sites for hydroxylation is 1. The highest BCUT2D eigenvalue weighted by Crippen LogP contribution is 2.10. The van der Waals surface area contributed by atoms with Crippen molar-refractivity contribution in [2.75, 3.05) is 6.54 Å². The van der Waals surface area contributed by atoms with Crippen molar-refractivity contribution in [1.29, 1.82) is 0 Å². The van der Waals surface area contributed by atoms with Gasteiger partial charge in [0.1, 0.15) is 5.82 Å². The van der Waals surface area contributed by atoms with Gasteiger partial charge >= 0.3 is 0 Å². The van der Waals surface area contributed by atoms with Gasteiger partial charge in [0.05, 0.1) is 17.0 Å². The lowest BCUT2D eigenvalue weighted by Gasteiger charge is -2.04. The normalized spacial score (nSPS) is 10.8. The van der Waals surface area contributed by atoms with Crippen LogP contribution >= 0.6 is 0 Å². The Kier molecular flexibility index (Phi) is 5.31. The zero-order chi connectivity index (χ0) is 16.0. The van der Waals surface area contributed by atoms with Crippen molar-refractivity contribution in [3.63, 3.8) is 0 Å². The molecule has 0 amide bonds. The Morgan fingerprint density at radius 1 is 1.09 bits per heavy atom. The van der Waals surface area contributed by atoms with Gasteiger partial charge in [-0.15, -0.1) is 0 Å². The molecule has 0 saturated heterocycles. The Bertz CT molecular complexity index is 803. The first-order valence-corrected chi connectivity index (χ1v) is 8.33. The summed E-state index contributed by atoms with van der Waals surface area (Å²) in [5.41, 5.74) is 1.31. The number of hydrogen-bond donors (Lipinski definition) is 1. The molecular weight excluding hydrogens is 301 g/mol. The minimum Gasteiger partial charge on any atom is -0.207 e. The van der Waals surface area contributed by atoms with Crippen LogP contribution < -0.4 is 4.72 Å². The van der Waals surface area contributed by atoms with E-state index in [0.717, 1.165) is 12.0 Å². The first kappa shape index (κ1) is 16.2. The van der Waals surface area contributed by atoms with Gasteiger partial charge in [-0.3, -0.25) is 0 Å². The molecule has 114 valence electrons. The van der Waals surface area contributed by atoms with Crippen molar-refractivity contribution in [2.24, 2.45) is 0 Å². The van der Waals surface area contributed by atoms with E-state index in [2.05, 4.69) is 16.6 Å². The molecule has 1 N–H and O–H groups in total. The quantitative estimate of drug-likeness (QED) is 0.881. The fraction of sp³-hybridized carbons (Fsp3) is 0.176. The molecule has 22 heavy (non-hydrogen) atoms. The third-order valence-electron chi connectivity index (χ3n) is 3.09. The van der Waals surface area contributed by atoms with Crippen LogP contribution in [0, 0.1) is 17.7 Å². The van der Waals surface area contributed by atoms with E-state index in [1.165, 1.54) is 6.07 Å². The maximum Gasteiger partial charge on any atom is 0.241 e. The van der Waals surface area contributed by atoms with E-state index < -0.39 is 15.8 Å². The van der Waals surface area contributed by atoms with Crippen LogP contribution in [0.2, 0.25) is 0 Å². The molecular formula is C17H16FNO2S. The van der Waals surface area contributed by atoms with E-state index in [0.29, 0.717) is 0 Å². The molecule has 0 aromatic heterocycles. The number of benzene rings is 2. The van der Waals surface area contributed by atoms with Crippen LogP contribution in [0.3, 0.4) is 0 Å². The van der Waals surface area contributed by atoms with E-state index in [9.17, 15) is 12.8 Å². The first-order chi connectivity index (χ1) is 10.5. The fourth-order valence-corrected chi connectivity index (χ4v) is 2.74. The van der Waals surface area contributed by atoms with Crippen molar-refractivity contribution < 1.29 is 12.8 Å². The van der Waals surface area contributed by atoms with Gasteiger partial charge in [0, 0.05) is 0 Å². The Labute approximate surface area is 130 Å². The standard InChI is InChI=1S/C17H16FNO2S/c1-2-14-9-11-16(12-10-14)22(20,21)19-13-5-7-15-6-3-4-8-17(15)18/h3-4,6,8-12,19H,2,13H2,1H3. The van der Waals surface area contributed by atoms with Gasteiger partial charge in [-0.25, -0.2) is 12.8 Å². The molecule has 0 saturated carbocycles. The van der Waals surface area contributed by atoms with Crippen molar-refractivity contribution >= 4 is 10.0 Å².